The molecular formula is C25H28N4O4. The average Bonchev–Trinajstić information content (AvgIpc) is 3.52. The molecule has 0 spiro atoms. The van der Waals surface area contributed by atoms with Crippen LogP contribution in [0.1, 0.15) is 49.1 Å². The van der Waals surface area contributed by atoms with Crippen LogP contribution in [0.4, 0.5) is 4.79 Å². The lowest BCUT2D eigenvalue weighted by Gasteiger charge is -2.09. The Balaban J connectivity index is 1.25. The van der Waals surface area contributed by atoms with E-state index in [2.05, 4.69) is 39.6 Å². The summed E-state index contributed by atoms with van der Waals surface area (Å²) >= 11 is 0. The first-order valence-electron chi connectivity index (χ1n) is 11.2. The standard InChI is InChI=1S/C25H28N4O4/c1-18(27-32-16-6-5-9-19-7-3-2-4-8-19)20-10-12-21(13-11-20)23-26-24(33-28-23)22-14-15-29(17-22)25(30)31/h2-4,7-8,10-13,22H,5-6,9,14-17H2,1H3,(H,30,31). The van der Waals surface area contributed by atoms with Crippen LogP contribution in [0.2, 0.25) is 0 Å². The van der Waals surface area contributed by atoms with Crippen molar-refractivity contribution in [2.45, 2.75) is 38.5 Å². The Hall–Kier alpha value is -3.68. The van der Waals surface area contributed by atoms with Crippen LogP contribution in [0.25, 0.3) is 11.4 Å². The second-order valence-corrected chi connectivity index (χ2v) is 8.20. The summed E-state index contributed by atoms with van der Waals surface area (Å²) in [6.45, 7) is 3.38. The Morgan fingerprint density at radius 3 is 2.70 bits per heavy atom. The lowest BCUT2D eigenvalue weighted by atomic mass is 10.1. The summed E-state index contributed by atoms with van der Waals surface area (Å²) in [6, 6.07) is 18.2. The minimum atomic E-state index is -0.916. The quantitative estimate of drug-likeness (QED) is 0.282. The number of carboxylic acid groups (broad SMARTS) is 1. The number of likely N-dealkylation sites (tertiary alicyclic amines) is 1. The number of oxime groups is 1. The van der Waals surface area contributed by atoms with Crippen molar-refractivity contribution in [3.63, 3.8) is 0 Å². The molecule has 1 unspecified atom stereocenters. The van der Waals surface area contributed by atoms with Crippen molar-refractivity contribution in [3.8, 4) is 11.4 Å². The maximum Gasteiger partial charge on any atom is 0.407 e. The lowest BCUT2D eigenvalue weighted by Crippen LogP contribution is -2.26. The second kappa shape index (κ2) is 10.8. The molecule has 1 aliphatic rings. The van der Waals surface area contributed by atoms with Crippen LogP contribution in [0.15, 0.2) is 64.3 Å². The van der Waals surface area contributed by atoms with Gasteiger partial charge in [0.05, 0.1) is 11.6 Å². The highest BCUT2D eigenvalue weighted by Crippen LogP contribution is 2.28. The van der Waals surface area contributed by atoms with Gasteiger partial charge in [0.15, 0.2) is 0 Å². The maximum atomic E-state index is 11.1. The molecule has 1 N–H and O–H groups in total. The van der Waals surface area contributed by atoms with Crippen molar-refractivity contribution in [2.75, 3.05) is 19.7 Å². The summed E-state index contributed by atoms with van der Waals surface area (Å²) in [5.74, 6) is 0.923. The molecular weight excluding hydrogens is 420 g/mol. The van der Waals surface area contributed by atoms with Crippen LogP contribution >= 0.6 is 0 Å². The molecule has 2 heterocycles. The Morgan fingerprint density at radius 2 is 1.97 bits per heavy atom. The first kappa shape index (κ1) is 22.5. The van der Waals surface area contributed by atoms with Crippen molar-refractivity contribution in [1.29, 1.82) is 0 Å². The fourth-order valence-electron chi connectivity index (χ4n) is 3.85. The van der Waals surface area contributed by atoms with Crippen LogP contribution in [0, 0.1) is 0 Å². The van der Waals surface area contributed by atoms with Crippen LogP contribution < -0.4 is 0 Å². The molecule has 1 aromatic heterocycles. The number of hydrogen-bond acceptors (Lipinski definition) is 6. The molecule has 1 fully saturated rings. The third-order valence-electron chi connectivity index (χ3n) is 5.81. The number of hydrogen-bond donors (Lipinski definition) is 1. The predicted octanol–water partition coefficient (Wildman–Crippen LogP) is 4.97. The first-order chi connectivity index (χ1) is 16.1. The molecule has 4 rings (SSSR count). The van der Waals surface area contributed by atoms with E-state index in [1.54, 1.807) is 0 Å². The zero-order chi connectivity index (χ0) is 23.0. The smallest absolute Gasteiger partial charge is 0.407 e. The molecule has 3 aromatic rings. The average molecular weight is 449 g/mol. The molecule has 1 amide bonds. The number of unbranched alkanes of at least 4 members (excludes halogenated alkanes) is 1. The zero-order valence-corrected chi connectivity index (χ0v) is 18.7. The van der Waals surface area contributed by atoms with Gasteiger partial charge in [0.1, 0.15) is 6.61 Å². The van der Waals surface area contributed by atoms with E-state index in [0.29, 0.717) is 37.8 Å². The fraction of sp³-hybridized carbons (Fsp3) is 0.360. The predicted molar refractivity (Wildman–Crippen MR) is 124 cm³/mol. The van der Waals surface area contributed by atoms with Crippen molar-refractivity contribution >= 4 is 11.8 Å². The van der Waals surface area contributed by atoms with Gasteiger partial charge in [-0.2, -0.15) is 4.98 Å². The summed E-state index contributed by atoms with van der Waals surface area (Å²) in [4.78, 5) is 22.4. The molecule has 1 atom stereocenters. The molecule has 0 saturated carbocycles. The zero-order valence-electron chi connectivity index (χ0n) is 18.7. The molecule has 8 heteroatoms. The van der Waals surface area contributed by atoms with E-state index in [4.69, 9.17) is 14.5 Å². The van der Waals surface area contributed by atoms with Gasteiger partial charge in [-0.15, -0.1) is 0 Å². The first-order valence-corrected chi connectivity index (χ1v) is 11.2. The van der Waals surface area contributed by atoms with Gasteiger partial charge in [0.2, 0.25) is 11.7 Å². The van der Waals surface area contributed by atoms with Crippen LogP contribution in [-0.2, 0) is 11.3 Å². The van der Waals surface area contributed by atoms with Gasteiger partial charge >= 0.3 is 6.09 Å². The largest absolute Gasteiger partial charge is 0.465 e. The number of carbonyl (C=O) groups is 1. The van der Waals surface area contributed by atoms with Gasteiger partial charge in [-0.05, 0) is 43.7 Å². The Bertz CT molecular complexity index is 1080. The number of aromatic nitrogens is 2. The molecule has 33 heavy (non-hydrogen) atoms. The van der Waals surface area contributed by atoms with Gasteiger partial charge in [0, 0.05) is 18.7 Å². The van der Waals surface area contributed by atoms with Gasteiger partial charge in [0.25, 0.3) is 0 Å². The molecule has 2 aromatic carbocycles. The molecule has 0 bridgehead atoms. The molecule has 0 radical (unpaired) electrons. The summed E-state index contributed by atoms with van der Waals surface area (Å²) < 4.78 is 5.40. The number of aryl methyl sites for hydroxylation is 1. The maximum absolute atomic E-state index is 11.1. The molecule has 0 aliphatic carbocycles. The molecule has 1 saturated heterocycles. The van der Waals surface area contributed by atoms with Gasteiger partial charge in [-0.3, -0.25) is 0 Å². The fourth-order valence-corrected chi connectivity index (χ4v) is 3.85. The molecule has 172 valence electrons. The third kappa shape index (κ3) is 5.97. The van der Waals surface area contributed by atoms with Crippen LogP contribution in [-0.4, -0.2) is 51.6 Å². The topological polar surface area (TPSA) is 101 Å². The minimum Gasteiger partial charge on any atom is -0.465 e. The van der Waals surface area contributed by atoms with Crippen molar-refractivity contribution in [1.82, 2.24) is 15.0 Å². The van der Waals surface area contributed by atoms with E-state index in [9.17, 15) is 4.79 Å². The minimum absolute atomic E-state index is 0.0548. The molecule has 8 nitrogen and oxygen atoms in total. The van der Waals surface area contributed by atoms with Crippen molar-refractivity contribution in [2.24, 2.45) is 5.16 Å². The number of rotatable bonds is 9. The summed E-state index contributed by atoms with van der Waals surface area (Å²) in [7, 11) is 0. The third-order valence-corrected chi connectivity index (χ3v) is 5.81. The van der Waals surface area contributed by atoms with Crippen LogP contribution in [0.5, 0.6) is 0 Å². The number of benzene rings is 2. The van der Waals surface area contributed by atoms with E-state index in [0.717, 1.165) is 36.1 Å². The number of amides is 1. The Morgan fingerprint density at radius 1 is 1.18 bits per heavy atom. The van der Waals surface area contributed by atoms with Crippen molar-refractivity contribution in [3.05, 3.63) is 71.6 Å². The summed E-state index contributed by atoms with van der Waals surface area (Å²) in [6.07, 6.45) is 2.84. The second-order valence-electron chi connectivity index (χ2n) is 8.20. The van der Waals surface area contributed by atoms with Crippen LogP contribution in [0.3, 0.4) is 0 Å². The van der Waals surface area contributed by atoms with E-state index in [-0.39, 0.29) is 5.92 Å². The van der Waals surface area contributed by atoms with Crippen molar-refractivity contribution < 1.29 is 19.3 Å². The Kier molecular flexibility index (Phi) is 7.34. The number of nitrogens with zero attached hydrogens (tertiary/aromatic N) is 4. The Labute approximate surface area is 192 Å². The van der Waals surface area contributed by atoms with E-state index in [1.807, 2.05) is 37.3 Å². The summed E-state index contributed by atoms with van der Waals surface area (Å²) in [5.41, 5.74) is 3.94. The van der Waals surface area contributed by atoms with Gasteiger partial charge in [-0.25, -0.2) is 4.79 Å². The van der Waals surface area contributed by atoms with Gasteiger partial charge < -0.3 is 19.4 Å². The highest BCUT2D eigenvalue weighted by molar-refractivity contribution is 5.98. The highest BCUT2D eigenvalue weighted by Gasteiger charge is 2.31. The monoisotopic (exact) mass is 448 g/mol. The lowest BCUT2D eigenvalue weighted by molar-refractivity contribution is 0.140. The normalized spacial score (nSPS) is 16.2. The van der Waals surface area contributed by atoms with E-state index in [1.165, 1.54) is 10.5 Å². The van der Waals surface area contributed by atoms with Gasteiger partial charge in [-0.1, -0.05) is 64.9 Å². The van der Waals surface area contributed by atoms with E-state index >= 15 is 0 Å². The molecule has 1 aliphatic heterocycles. The summed E-state index contributed by atoms with van der Waals surface area (Å²) in [5, 5.41) is 17.4. The highest BCUT2D eigenvalue weighted by atomic mass is 16.6. The SMILES string of the molecule is CC(=NOCCCCc1ccccc1)c1ccc(-c2noc(C3CCN(C(=O)O)C3)n2)cc1. The van der Waals surface area contributed by atoms with E-state index < -0.39 is 6.09 Å².